The topological polar surface area (TPSA) is 46.3 Å². The first-order valence-corrected chi connectivity index (χ1v) is 6.01. The summed E-state index contributed by atoms with van der Waals surface area (Å²) >= 11 is 1.69. The number of rotatable bonds is 4. The number of hydrogen-bond donors (Lipinski definition) is 1. The average Bonchev–Trinajstić information content (AvgIpc) is 2.73. The molecule has 1 N–H and O–H groups in total. The first kappa shape index (κ1) is 11.2. The minimum absolute atomic E-state index is 0.0895. The summed E-state index contributed by atoms with van der Waals surface area (Å²) in [5, 5.41) is 12.7. The highest BCUT2D eigenvalue weighted by Crippen LogP contribution is 2.23. The summed E-state index contributed by atoms with van der Waals surface area (Å²) in [4.78, 5) is 1.16. The summed E-state index contributed by atoms with van der Waals surface area (Å²) in [6.45, 7) is 2.00. The van der Waals surface area contributed by atoms with Crippen molar-refractivity contribution in [3.05, 3.63) is 47.3 Å². The highest BCUT2D eigenvalue weighted by molar-refractivity contribution is 7.98. The lowest BCUT2D eigenvalue weighted by atomic mass is 10.2. The lowest BCUT2D eigenvalue weighted by Crippen LogP contribution is -1.82. The third-order valence-electron chi connectivity index (χ3n) is 2.16. The SMILES string of the molecule is Cc1cc(CSc2ccc(CO)cc2)on1. The second-order valence-electron chi connectivity index (χ2n) is 3.53. The van der Waals surface area contributed by atoms with Crippen LogP contribution in [-0.4, -0.2) is 10.3 Å². The largest absolute Gasteiger partial charge is 0.392 e. The van der Waals surface area contributed by atoms with Crippen molar-refractivity contribution < 1.29 is 9.63 Å². The number of aromatic nitrogens is 1. The van der Waals surface area contributed by atoms with Crippen LogP contribution >= 0.6 is 11.8 Å². The lowest BCUT2D eigenvalue weighted by molar-refractivity contribution is 0.282. The molecule has 0 amide bonds. The lowest BCUT2D eigenvalue weighted by Gasteiger charge is -2.00. The minimum Gasteiger partial charge on any atom is -0.392 e. The van der Waals surface area contributed by atoms with Crippen molar-refractivity contribution in [2.75, 3.05) is 0 Å². The zero-order chi connectivity index (χ0) is 11.4. The molecule has 0 saturated heterocycles. The van der Waals surface area contributed by atoms with Crippen LogP contribution in [0.5, 0.6) is 0 Å². The molecule has 0 fully saturated rings. The fourth-order valence-electron chi connectivity index (χ4n) is 1.33. The van der Waals surface area contributed by atoms with Crippen molar-refractivity contribution in [2.24, 2.45) is 0 Å². The number of aliphatic hydroxyl groups excluding tert-OH is 1. The van der Waals surface area contributed by atoms with E-state index < -0.39 is 0 Å². The van der Waals surface area contributed by atoms with E-state index in [0.717, 1.165) is 27.7 Å². The number of thioether (sulfide) groups is 1. The van der Waals surface area contributed by atoms with Crippen molar-refractivity contribution in [3.8, 4) is 0 Å². The molecule has 3 nitrogen and oxygen atoms in total. The molecule has 84 valence electrons. The normalized spacial score (nSPS) is 10.6. The van der Waals surface area contributed by atoms with Gasteiger partial charge in [0.2, 0.25) is 0 Å². The molecule has 2 rings (SSSR count). The molecule has 0 aliphatic rings. The molecule has 0 radical (unpaired) electrons. The van der Waals surface area contributed by atoms with Crippen molar-refractivity contribution in [2.45, 2.75) is 24.2 Å². The van der Waals surface area contributed by atoms with Gasteiger partial charge in [0.1, 0.15) is 5.76 Å². The van der Waals surface area contributed by atoms with Crippen LogP contribution in [0.2, 0.25) is 0 Å². The second-order valence-corrected chi connectivity index (χ2v) is 4.57. The first-order valence-electron chi connectivity index (χ1n) is 5.03. The van der Waals surface area contributed by atoms with Crippen LogP contribution in [0.1, 0.15) is 17.0 Å². The molecular weight excluding hydrogens is 222 g/mol. The Morgan fingerprint density at radius 3 is 2.62 bits per heavy atom. The van der Waals surface area contributed by atoms with E-state index in [9.17, 15) is 0 Å². The Labute approximate surface area is 98.5 Å². The summed E-state index contributed by atoms with van der Waals surface area (Å²) in [5.41, 5.74) is 1.84. The monoisotopic (exact) mass is 235 g/mol. The summed E-state index contributed by atoms with van der Waals surface area (Å²) in [6, 6.07) is 9.79. The van der Waals surface area contributed by atoms with Crippen molar-refractivity contribution in [1.82, 2.24) is 5.16 Å². The zero-order valence-corrected chi connectivity index (χ0v) is 9.83. The number of aliphatic hydroxyl groups is 1. The second kappa shape index (κ2) is 5.18. The van der Waals surface area contributed by atoms with E-state index in [4.69, 9.17) is 9.63 Å². The molecule has 16 heavy (non-hydrogen) atoms. The summed E-state index contributed by atoms with van der Waals surface area (Å²) < 4.78 is 5.12. The average molecular weight is 235 g/mol. The minimum atomic E-state index is 0.0895. The maximum absolute atomic E-state index is 8.91. The van der Waals surface area contributed by atoms with Gasteiger partial charge < -0.3 is 9.63 Å². The molecule has 0 saturated carbocycles. The van der Waals surface area contributed by atoms with E-state index >= 15 is 0 Å². The van der Waals surface area contributed by atoms with Crippen LogP contribution in [0, 0.1) is 6.92 Å². The molecule has 1 aromatic carbocycles. The third-order valence-corrected chi connectivity index (χ3v) is 3.20. The molecule has 0 bridgehead atoms. The van der Waals surface area contributed by atoms with Gasteiger partial charge in [0.15, 0.2) is 0 Å². The standard InChI is InChI=1S/C12H13NO2S/c1-9-6-11(15-13-9)8-16-12-4-2-10(7-14)3-5-12/h2-6,14H,7-8H2,1H3. The molecule has 0 aliphatic heterocycles. The Morgan fingerprint density at radius 1 is 1.31 bits per heavy atom. The van der Waals surface area contributed by atoms with Gasteiger partial charge in [-0.1, -0.05) is 17.3 Å². The molecule has 0 aliphatic carbocycles. The van der Waals surface area contributed by atoms with Crippen LogP contribution < -0.4 is 0 Å². The Morgan fingerprint density at radius 2 is 2.06 bits per heavy atom. The summed E-state index contributed by atoms with van der Waals surface area (Å²) in [6.07, 6.45) is 0. The summed E-state index contributed by atoms with van der Waals surface area (Å²) in [7, 11) is 0. The zero-order valence-electron chi connectivity index (χ0n) is 9.01. The van der Waals surface area contributed by atoms with E-state index in [1.165, 1.54) is 0 Å². The molecule has 0 spiro atoms. The van der Waals surface area contributed by atoms with Gasteiger partial charge in [-0.3, -0.25) is 0 Å². The molecule has 1 heterocycles. The molecule has 1 aromatic heterocycles. The quantitative estimate of drug-likeness (QED) is 0.828. The molecule has 2 aromatic rings. The molecular formula is C12H13NO2S. The van der Waals surface area contributed by atoms with Crippen molar-refractivity contribution >= 4 is 11.8 Å². The fraction of sp³-hybridized carbons (Fsp3) is 0.250. The van der Waals surface area contributed by atoms with Gasteiger partial charge in [-0.05, 0) is 24.6 Å². The van der Waals surface area contributed by atoms with Gasteiger partial charge >= 0.3 is 0 Å². The van der Waals surface area contributed by atoms with Crippen molar-refractivity contribution in [3.63, 3.8) is 0 Å². The first-order chi connectivity index (χ1) is 7.78. The van der Waals surface area contributed by atoms with E-state index in [2.05, 4.69) is 5.16 Å². The Hall–Kier alpha value is -1.26. The van der Waals surface area contributed by atoms with Crippen LogP contribution in [0.3, 0.4) is 0 Å². The van der Waals surface area contributed by atoms with Gasteiger partial charge in [0.05, 0.1) is 18.1 Å². The van der Waals surface area contributed by atoms with Crippen LogP contribution in [0.4, 0.5) is 0 Å². The van der Waals surface area contributed by atoms with Gasteiger partial charge in [0, 0.05) is 11.0 Å². The fourth-order valence-corrected chi connectivity index (χ4v) is 2.10. The summed E-state index contributed by atoms with van der Waals surface area (Å²) in [5.74, 6) is 1.66. The van der Waals surface area contributed by atoms with Gasteiger partial charge in [-0.15, -0.1) is 11.8 Å². The van der Waals surface area contributed by atoms with E-state index in [1.807, 2.05) is 37.3 Å². The third kappa shape index (κ3) is 2.87. The molecule has 0 unspecified atom stereocenters. The maximum Gasteiger partial charge on any atom is 0.147 e. The van der Waals surface area contributed by atoms with Crippen LogP contribution in [0.25, 0.3) is 0 Å². The van der Waals surface area contributed by atoms with Gasteiger partial charge in [-0.25, -0.2) is 0 Å². The Balaban J connectivity index is 1.94. The van der Waals surface area contributed by atoms with Crippen LogP contribution in [-0.2, 0) is 12.4 Å². The number of hydrogen-bond acceptors (Lipinski definition) is 4. The molecule has 4 heteroatoms. The van der Waals surface area contributed by atoms with Crippen molar-refractivity contribution in [1.29, 1.82) is 0 Å². The van der Waals surface area contributed by atoms with Gasteiger partial charge in [0.25, 0.3) is 0 Å². The Bertz CT molecular complexity index is 450. The van der Waals surface area contributed by atoms with E-state index in [1.54, 1.807) is 11.8 Å². The highest BCUT2D eigenvalue weighted by atomic mass is 32.2. The van der Waals surface area contributed by atoms with Crippen LogP contribution in [0.15, 0.2) is 39.8 Å². The number of aryl methyl sites for hydroxylation is 1. The number of benzene rings is 1. The van der Waals surface area contributed by atoms with Gasteiger partial charge in [-0.2, -0.15) is 0 Å². The Kier molecular flexibility index (Phi) is 3.64. The maximum atomic E-state index is 8.91. The van der Waals surface area contributed by atoms with E-state index in [-0.39, 0.29) is 6.61 Å². The van der Waals surface area contributed by atoms with E-state index in [0.29, 0.717) is 0 Å². The number of nitrogens with zero attached hydrogens (tertiary/aromatic N) is 1. The predicted molar refractivity (Wildman–Crippen MR) is 63.2 cm³/mol. The highest BCUT2D eigenvalue weighted by Gasteiger charge is 2.01. The molecule has 0 atom stereocenters. The predicted octanol–water partition coefficient (Wildman–Crippen LogP) is 2.77. The smallest absolute Gasteiger partial charge is 0.147 e.